The highest BCUT2D eigenvalue weighted by molar-refractivity contribution is 6.99. The molecule has 0 bridgehead atoms. The predicted octanol–water partition coefficient (Wildman–Crippen LogP) is 3.47. The Morgan fingerprint density at radius 2 is 2.18 bits per heavy atom. The number of halogens is 1. The molecule has 1 aromatic heterocycles. The highest BCUT2D eigenvalue weighted by atomic mass is 32.1. The van der Waals surface area contributed by atoms with Crippen LogP contribution in [-0.2, 0) is 0 Å². The van der Waals surface area contributed by atoms with E-state index < -0.39 is 0 Å². The Bertz CT molecular complexity index is 510. The van der Waals surface area contributed by atoms with Crippen LogP contribution >= 0.6 is 11.7 Å². The zero-order chi connectivity index (χ0) is 12.3. The monoisotopic (exact) mass is 251 g/mol. The molecule has 2 rings (SSSR count). The number of benzene rings is 1. The van der Waals surface area contributed by atoms with Gasteiger partial charge in [0, 0.05) is 12.1 Å². The number of nitrogens with zero attached hydrogens (tertiary/aromatic N) is 2. The van der Waals surface area contributed by atoms with E-state index in [0.29, 0.717) is 5.56 Å². The first-order valence-electron chi connectivity index (χ1n) is 5.55. The van der Waals surface area contributed by atoms with Gasteiger partial charge in [-0.25, -0.2) is 4.39 Å². The quantitative estimate of drug-likeness (QED) is 0.904. The lowest BCUT2D eigenvalue weighted by Crippen LogP contribution is -2.01. The Balaban J connectivity index is 2.32. The summed E-state index contributed by atoms with van der Waals surface area (Å²) in [5.74, 6) is 0.525. The third kappa shape index (κ3) is 2.61. The minimum atomic E-state index is -0.211. The van der Waals surface area contributed by atoms with Crippen molar-refractivity contribution in [3.63, 3.8) is 0 Å². The van der Waals surface area contributed by atoms with E-state index in [1.54, 1.807) is 13.0 Å². The molecule has 1 heterocycles. The molecule has 0 aliphatic rings. The lowest BCUT2D eigenvalue weighted by atomic mass is 10.1. The van der Waals surface area contributed by atoms with Crippen LogP contribution in [0, 0.1) is 12.7 Å². The van der Waals surface area contributed by atoms with Crippen LogP contribution in [0.25, 0.3) is 11.3 Å². The largest absolute Gasteiger partial charge is 0.367 e. The molecule has 1 N–H and O–H groups in total. The van der Waals surface area contributed by atoms with Crippen molar-refractivity contribution >= 4 is 17.5 Å². The van der Waals surface area contributed by atoms with E-state index in [2.05, 4.69) is 21.0 Å². The number of hydrogen-bond acceptors (Lipinski definition) is 4. The van der Waals surface area contributed by atoms with Crippen molar-refractivity contribution in [3.8, 4) is 11.3 Å². The van der Waals surface area contributed by atoms with Crippen LogP contribution in [0.15, 0.2) is 18.2 Å². The number of aromatic nitrogens is 2. The summed E-state index contributed by atoms with van der Waals surface area (Å²) in [4.78, 5) is 0. The molecule has 0 radical (unpaired) electrons. The van der Waals surface area contributed by atoms with Crippen molar-refractivity contribution in [2.45, 2.75) is 20.3 Å². The molecule has 0 spiro atoms. The van der Waals surface area contributed by atoms with Crippen molar-refractivity contribution in [2.75, 3.05) is 11.9 Å². The second-order valence-corrected chi connectivity index (χ2v) is 4.38. The van der Waals surface area contributed by atoms with E-state index in [4.69, 9.17) is 0 Å². The first-order valence-corrected chi connectivity index (χ1v) is 6.28. The van der Waals surface area contributed by atoms with Crippen LogP contribution in [0.3, 0.4) is 0 Å². The molecule has 17 heavy (non-hydrogen) atoms. The SMILES string of the molecule is CCCNc1nsnc1-c1ccc(C)c(F)c1. The van der Waals surface area contributed by atoms with Crippen LogP contribution < -0.4 is 5.32 Å². The fraction of sp³-hybridized carbons (Fsp3) is 0.333. The van der Waals surface area contributed by atoms with E-state index in [1.165, 1.54) is 6.07 Å². The first-order chi connectivity index (χ1) is 8.22. The number of hydrogen-bond donors (Lipinski definition) is 1. The Kier molecular flexibility index (Phi) is 3.68. The summed E-state index contributed by atoms with van der Waals surface area (Å²) in [6.45, 7) is 4.67. The molecule has 5 heteroatoms. The molecule has 3 nitrogen and oxygen atoms in total. The van der Waals surface area contributed by atoms with E-state index in [9.17, 15) is 4.39 Å². The molecule has 0 fully saturated rings. The Morgan fingerprint density at radius 1 is 1.35 bits per heavy atom. The normalized spacial score (nSPS) is 10.5. The third-order valence-corrected chi connectivity index (χ3v) is 3.00. The highest BCUT2D eigenvalue weighted by Gasteiger charge is 2.11. The molecular weight excluding hydrogens is 237 g/mol. The smallest absolute Gasteiger partial charge is 0.168 e. The first kappa shape index (κ1) is 12.0. The average molecular weight is 251 g/mol. The summed E-state index contributed by atoms with van der Waals surface area (Å²) in [5, 5.41) is 3.19. The van der Waals surface area contributed by atoms with Gasteiger partial charge in [0.25, 0.3) is 0 Å². The average Bonchev–Trinajstić information content (AvgIpc) is 2.78. The van der Waals surface area contributed by atoms with Crippen molar-refractivity contribution in [3.05, 3.63) is 29.6 Å². The third-order valence-electron chi connectivity index (χ3n) is 2.48. The Labute approximate surface area is 104 Å². The summed E-state index contributed by atoms with van der Waals surface area (Å²) in [7, 11) is 0. The van der Waals surface area contributed by atoms with Gasteiger partial charge in [0.15, 0.2) is 5.82 Å². The van der Waals surface area contributed by atoms with Gasteiger partial charge in [-0.05, 0) is 25.0 Å². The van der Waals surface area contributed by atoms with Crippen molar-refractivity contribution in [1.82, 2.24) is 8.75 Å². The van der Waals surface area contributed by atoms with Crippen LogP contribution in [0.1, 0.15) is 18.9 Å². The molecule has 0 amide bonds. The lowest BCUT2D eigenvalue weighted by molar-refractivity contribution is 0.619. The van der Waals surface area contributed by atoms with Gasteiger partial charge in [0.1, 0.15) is 11.5 Å². The fourth-order valence-electron chi connectivity index (χ4n) is 1.48. The van der Waals surface area contributed by atoms with Gasteiger partial charge in [0.2, 0.25) is 0 Å². The summed E-state index contributed by atoms with van der Waals surface area (Å²) in [5.41, 5.74) is 2.13. The highest BCUT2D eigenvalue weighted by Crippen LogP contribution is 2.27. The van der Waals surface area contributed by atoms with Crippen molar-refractivity contribution in [2.24, 2.45) is 0 Å². The van der Waals surface area contributed by atoms with Gasteiger partial charge in [-0.1, -0.05) is 19.1 Å². The minimum absolute atomic E-state index is 0.211. The summed E-state index contributed by atoms with van der Waals surface area (Å²) >= 11 is 1.14. The lowest BCUT2D eigenvalue weighted by Gasteiger charge is -2.04. The van der Waals surface area contributed by atoms with Gasteiger partial charge in [-0.15, -0.1) is 0 Å². The minimum Gasteiger partial charge on any atom is -0.367 e. The van der Waals surface area contributed by atoms with Gasteiger partial charge < -0.3 is 5.32 Å². The van der Waals surface area contributed by atoms with E-state index in [1.807, 2.05) is 6.07 Å². The summed E-state index contributed by atoms with van der Waals surface area (Å²) in [6, 6.07) is 5.13. The molecular formula is C12H14FN3S. The Hall–Kier alpha value is -1.49. The van der Waals surface area contributed by atoms with Crippen molar-refractivity contribution in [1.29, 1.82) is 0 Å². The second-order valence-electron chi connectivity index (χ2n) is 3.85. The standard InChI is InChI=1S/C12H14FN3S/c1-3-6-14-12-11(15-17-16-12)9-5-4-8(2)10(13)7-9/h4-5,7H,3,6H2,1-2H3,(H,14,16). The van der Waals surface area contributed by atoms with Gasteiger partial charge >= 0.3 is 0 Å². The molecule has 1 aromatic carbocycles. The van der Waals surface area contributed by atoms with E-state index >= 15 is 0 Å². The molecule has 0 aliphatic carbocycles. The second kappa shape index (κ2) is 5.23. The zero-order valence-corrected chi connectivity index (χ0v) is 10.6. The molecule has 0 saturated carbocycles. The van der Waals surface area contributed by atoms with Gasteiger partial charge in [-0.3, -0.25) is 0 Å². The fourth-order valence-corrected chi connectivity index (χ4v) is 2.02. The maximum atomic E-state index is 13.5. The maximum absolute atomic E-state index is 13.5. The zero-order valence-electron chi connectivity index (χ0n) is 9.83. The van der Waals surface area contributed by atoms with Crippen molar-refractivity contribution < 1.29 is 4.39 Å². The van der Waals surface area contributed by atoms with Crippen LogP contribution in [0.2, 0.25) is 0 Å². The van der Waals surface area contributed by atoms with Gasteiger partial charge in [0.05, 0.1) is 11.7 Å². The summed E-state index contributed by atoms with van der Waals surface area (Å²) < 4.78 is 21.9. The Morgan fingerprint density at radius 3 is 2.88 bits per heavy atom. The summed E-state index contributed by atoms with van der Waals surface area (Å²) in [6.07, 6.45) is 1.01. The number of aryl methyl sites for hydroxylation is 1. The number of rotatable bonds is 4. The van der Waals surface area contributed by atoms with Crippen LogP contribution in [0.5, 0.6) is 0 Å². The van der Waals surface area contributed by atoms with E-state index in [-0.39, 0.29) is 5.82 Å². The molecule has 2 aromatic rings. The number of nitrogens with one attached hydrogen (secondary N) is 1. The van der Waals surface area contributed by atoms with E-state index in [0.717, 1.165) is 41.8 Å². The van der Waals surface area contributed by atoms with Crippen LogP contribution in [0.4, 0.5) is 10.2 Å². The molecule has 0 saturated heterocycles. The molecule has 0 atom stereocenters. The molecule has 0 unspecified atom stereocenters. The maximum Gasteiger partial charge on any atom is 0.168 e. The van der Waals surface area contributed by atoms with Crippen LogP contribution in [-0.4, -0.2) is 15.3 Å². The molecule has 90 valence electrons. The topological polar surface area (TPSA) is 37.8 Å². The van der Waals surface area contributed by atoms with Gasteiger partial charge in [-0.2, -0.15) is 8.75 Å². The predicted molar refractivity (Wildman–Crippen MR) is 68.8 cm³/mol. The number of anilines is 1. The molecule has 0 aliphatic heterocycles.